The first-order valence-corrected chi connectivity index (χ1v) is 9.47. The number of hydrogen-bond acceptors (Lipinski definition) is 3. The predicted octanol–water partition coefficient (Wildman–Crippen LogP) is 5.87. The van der Waals surface area contributed by atoms with Crippen molar-refractivity contribution < 1.29 is 14.3 Å². The molecule has 0 amide bonds. The van der Waals surface area contributed by atoms with Crippen molar-refractivity contribution in [3.8, 4) is 29.2 Å². The summed E-state index contributed by atoms with van der Waals surface area (Å²) in [6.45, 7) is 6.00. The van der Waals surface area contributed by atoms with Crippen molar-refractivity contribution >= 4 is 5.97 Å². The van der Waals surface area contributed by atoms with Crippen LogP contribution in [0.15, 0.2) is 72.8 Å². The standard InChI is InChI=1S/C26H24O3/c1-5-19-11-16-24(28-18-20-9-7-6-8-10-20)23(17-19)21-12-14-22(15-13-21)25(27)29-26(2,3)4/h1,6-17H,18H2,2-4H3. The molecule has 3 heteroatoms. The lowest BCUT2D eigenvalue weighted by Gasteiger charge is -2.19. The third kappa shape index (κ3) is 5.49. The summed E-state index contributed by atoms with van der Waals surface area (Å²) >= 11 is 0. The minimum atomic E-state index is -0.532. The monoisotopic (exact) mass is 384 g/mol. The molecule has 0 aliphatic rings. The molecule has 0 aromatic heterocycles. The molecule has 0 N–H and O–H groups in total. The summed E-state index contributed by atoms with van der Waals surface area (Å²) < 4.78 is 11.5. The summed E-state index contributed by atoms with van der Waals surface area (Å²) in [7, 11) is 0. The zero-order valence-corrected chi connectivity index (χ0v) is 16.9. The first-order valence-electron chi connectivity index (χ1n) is 9.47. The largest absolute Gasteiger partial charge is 0.488 e. The molecule has 0 spiro atoms. The highest BCUT2D eigenvalue weighted by Gasteiger charge is 2.18. The molecular weight excluding hydrogens is 360 g/mol. The zero-order chi connectivity index (χ0) is 20.9. The molecule has 0 heterocycles. The average Bonchev–Trinajstić information content (AvgIpc) is 2.72. The second-order valence-corrected chi connectivity index (χ2v) is 7.71. The van der Waals surface area contributed by atoms with Gasteiger partial charge in [0.05, 0.1) is 5.56 Å². The number of carbonyl (C=O) groups is 1. The minimum Gasteiger partial charge on any atom is -0.488 e. The zero-order valence-electron chi connectivity index (χ0n) is 16.9. The smallest absolute Gasteiger partial charge is 0.338 e. The van der Waals surface area contributed by atoms with Gasteiger partial charge in [-0.05, 0) is 62.2 Å². The van der Waals surface area contributed by atoms with Crippen LogP contribution in [0.4, 0.5) is 0 Å². The van der Waals surface area contributed by atoms with Crippen molar-refractivity contribution in [2.45, 2.75) is 33.0 Å². The van der Waals surface area contributed by atoms with Crippen LogP contribution in [0.3, 0.4) is 0 Å². The molecule has 0 atom stereocenters. The highest BCUT2D eigenvalue weighted by Crippen LogP contribution is 2.32. The Morgan fingerprint density at radius 2 is 1.66 bits per heavy atom. The van der Waals surface area contributed by atoms with Crippen LogP contribution in [0, 0.1) is 12.3 Å². The van der Waals surface area contributed by atoms with E-state index < -0.39 is 5.60 Å². The fourth-order valence-electron chi connectivity index (χ4n) is 2.83. The molecule has 0 saturated heterocycles. The molecule has 0 aliphatic carbocycles. The fraction of sp³-hybridized carbons (Fsp3) is 0.192. The molecule has 146 valence electrons. The number of rotatable bonds is 5. The molecule has 3 aromatic rings. The van der Waals surface area contributed by atoms with Gasteiger partial charge in [0.1, 0.15) is 18.0 Å². The molecule has 3 nitrogen and oxygen atoms in total. The molecule has 0 fully saturated rings. The van der Waals surface area contributed by atoms with E-state index >= 15 is 0 Å². The highest BCUT2D eigenvalue weighted by atomic mass is 16.6. The fourth-order valence-corrected chi connectivity index (χ4v) is 2.83. The van der Waals surface area contributed by atoms with Crippen molar-refractivity contribution in [3.05, 3.63) is 89.5 Å². The van der Waals surface area contributed by atoms with Crippen molar-refractivity contribution in [1.82, 2.24) is 0 Å². The number of carbonyl (C=O) groups excluding carboxylic acids is 1. The predicted molar refractivity (Wildman–Crippen MR) is 116 cm³/mol. The number of esters is 1. The Morgan fingerprint density at radius 1 is 0.966 bits per heavy atom. The van der Waals surface area contributed by atoms with E-state index in [1.165, 1.54) is 0 Å². The van der Waals surface area contributed by atoms with Crippen molar-refractivity contribution in [1.29, 1.82) is 0 Å². The summed E-state index contributed by atoms with van der Waals surface area (Å²) in [5, 5.41) is 0. The molecule has 3 aromatic carbocycles. The maximum absolute atomic E-state index is 12.3. The van der Waals surface area contributed by atoms with Gasteiger partial charge in [-0.2, -0.15) is 0 Å². The van der Waals surface area contributed by atoms with E-state index in [9.17, 15) is 4.79 Å². The first kappa shape index (κ1) is 20.2. The van der Waals surface area contributed by atoms with Gasteiger partial charge in [0.2, 0.25) is 0 Å². The van der Waals surface area contributed by atoms with Gasteiger partial charge in [0, 0.05) is 11.1 Å². The Morgan fingerprint density at radius 3 is 2.28 bits per heavy atom. The van der Waals surface area contributed by atoms with E-state index in [1.54, 1.807) is 12.1 Å². The van der Waals surface area contributed by atoms with Crippen LogP contribution in [0.5, 0.6) is 5.75 Å². The van der Waals surface area contributed by atoms with Gasteiger partial charge in [-0.15, -0.1) is 6.42 Å². The van der Waals surface area contributed by atoms with E-state index in [2.05, 4.69) is 5.92 Å². The highest BCUT2D eigenvalue weighted by molar-refractivity contribution is 5.90. The number of ether oxygens (including phenoxy) is 2. The van der Waals surface area contributed by atoms with Gasteiger partial charge in [0.15, 0.2) is 0 Å². The normalized spacial score (nSPS) is 10.8. The third-order valence-corrected chi connectivity index (χ3v) is 4.21. The molecule has 0 radical (unpaired) electrons. The molecule has 3 rings (SSSR count). The molecule has 0 unspecified atom stereocenters. The minimum absolute atomic E-state index is 0.345. The average molecular weight is 384 g/mol. The Labute approximate surface area is 172 Å². The van der Waals surface area contributed by atoms with Crippen LogP contribution in [-0.2, 0) is 11.3 Å². The summed E-state index contributed by atoms with van der Waals surface area (Å²) in [6, 6.07) is 22.9. The van der Waals surface area contributed by atoms with Gasteiger partial charge >= 0.3 is 5.97 Å². The second-order valence-electron chi connectivity index (χ2n) is 7.71. The van der Waals surface area contributed by atoms with Crippen LogP contribution < -0.4 is 4.74 Å². The van der Waals surface area contributed by atoms with Crippen molar-refractivity contribution in [2.24, 2.45) is 0 Å². The maximum Gasteiger partial charge on any atom is 0.338 e. The molecule has 0 saturated carbocycles. The summed E-state index contributed by atoms with van der Waals surface area (Å²) in [4.78, 5) is 12.3. The van der Waals surface area contributed by atoms with Crippen LogP contribution in [0.1, 0.15) is 42.3 Å². The van der Waals surface area contributed by atoms with E-state index in [0.29, 0.717) is 12.2 Å². The molecular formula is C26H24O3. The maximum atomic E-state index is 12.3. The lowest BCUT2D eigenvalue weighted by Crippen LogP contribution is -2.23. The SMILES string of the molecule is C#Cc1ccc(OCc2ccccc2)c(-c2ccc(C(=O)OC(C)(C)C)cc2)c1. The Bertz CT molecular complexity index is 1020. The third-order valence-electron chi connectivity index (χ3n) is 4.21. The quantitative estimate of drug-likeness (QED) is 0.408. The number of terminal acetylenes is 1. The number of benzene rings is 3. The van der Waals surface area contributed by atoms with Crippen LogP contribution in [-0.4, -0.2) is 11.6 Å². The molecule has 29 heavy (non-hydrogen) atoms. The van der Waals surface area contributed by atoms with Gasteiger partial charge in [-0.3, -0.25) is 0 Å². The van der Waals surface area contributed by atoms with Crippen molar-refractivity contribution in [3.63, 3.8) is 0 Å². The van der Waals surface area contributed by atoms with Gasteiger partial charge in [0.25, 0.3) is 0 Å². The molecule has 0 aliphatic heterocycles. The van der Waals surface area contributed by atoms with Crippen LogP contribution in [0.2, 0.25) is 0 Å². The Balaban J connectivity index is 1.86. The van der Waals surface area contributed by atoms with E-state index in [0.717, 1.165) is 28.0 Å². The molecule has 0 bridgehead atoms. The summed E-state index contributed by atoms with van der Waals surface area (Å²) in [5.74, 6) is 3.05. The topological polar surface area (TPSA) is 35.5 Å². The summed E-state index contributed by atoms with van der Waals surface area (Å²) in [5.41, 5.74) is 3.62. The summed E-state index contributed by atoms with van der Waals surface area (Å²) in [6.07, 6.45) is 5.58. The van der Waals surface area contributed by atoms with Crippen molar-refractivity contribution in [2.75, 3.05) is 0 Å². The second kappa shape index (κ2) is 8.67. The van der Waals surface area contributed by atoms with E-state index in [-0.39, 0.29) is 5.97 Å². The van der Waals surface area contributed by atoms with E-state index in [4.69, 9.17) is 15.9 Å². The Kier molecular flexibility index (Phi) is 6.04. The Hall–Kier alpha value is -3.51. The lowest BCUT2D eigenvalue weighted by molar-refractivity contribution is 0.00695. The van der Waals surface area contributed by atoms with Crippen LogP contribution >= 0.6 is 0 Å². The van der Waals surface area contributed by atoms with Gasteiger partial charge in [-0.25, -0.2) is 4.79 Å². The van der Waals surface area contributed by atoms with Gasteiger partial charge < -0.3 is 9.47 Å². The lowest BCUT2D eigenvalue weighted by atomic mass is 10.0. The van der Waals surface area contributed by atoms with Crippen LogP contribution in [0.25, 0.3) is 11.1 Å². The first-order chi connectivity index (χ1) is 13.9. The van der Waals surface area contributed by atoms with Gasteiger partial charge in [-0.1, -0.05) is 48.4 Å². The van der Waals surface area contributed by atoms with E-state index in [1.807, 2.05) is 81.4 Å². The number of hydrogen-bond donors (Lipinski definition) is 0.